The summed E-state index contributed by atoms with van der Waals surface area (Å²) in [5.74, 6) is 0.239. The van der Waals surface area contributed by atoms with Crippen molar-refractivity contribution < 1.29 is 19.4 Å². The van der Waals surface area contributed by atoms with Gasteiger partial charge in [-0.3, -0.25) is 9.59 Å². The van der Waals surface area contributed by atoms with Crippen LogP contribution in [0.4, 0.5) is 0 Å². The Morgan fingerprint density at radius 3 is 2.68 bits per heavy atom. The van der Waals surface area contributed by atoms with E-state index in [2.05, 4.69) is 35.9 Å². The minimum atomic E-state index is -0.480. The lowest BCUT2D eigenvalue weighted by molar-refractivity contribution is -0.140. The van der Waals surface area contributed by atoms with Crippen LogP contribution in [-0.2, 0) is 20.7 Å². The number of esters is 1. The first kappa shape index (κ1) is 25.1. The van der Waals surface area contributed by atoms with Crippen LogP contribution in [0.15, 0.2) is 42.5 Å². The van der Waals surface area contributed by atoms with E-state index in [9.17, 15) is 14.7 Å². The molecule has 0 aromatic heterocycles. The first-order chi connectivity index (χ1) is 15.0. The Kier molecular flexibility index (Phi) is 11.4. The average molecular weight is 430 g/mol. The zero-order chi connectivity index (χ0) is 22.5. The quantitative estimate of drug-likeness (QED) is 0.265. The van der Waals surface area contributed by atoms with E-state index < -0.39 is 6.10 Å². The lowest BCUT2D eigenvalue weighted by atomic mass is 9.95. The number of rotatable bonds is 14. The van der Waals surface area contributed by atoms with Gasteiger partial charge in [0.15, 0.2) is 0 Å². The molecule has 2 rings (SSSR count). The fourth-order valence-corrected chi connectivity index (χ4v) is 4.13. The van der Waals surface area contributed by atoms with Gasteiger partial charge in [-0.15, -0.1) is 0 Å². The van der Waals surface area contributed by atoms with Crippen molar-refractivity contribution in [1.82, 2.24) is 4.90 Å². The third-order valence-corrected chi connectivity index (χ3v) is 6.21. The van der Waals surface area contributed by atoms with Crippen LogP contribution in [-0.4, -0.2) is 47.7 Å². The molecule has 1 unspecified atom stereocenters. The van der Waals surface area contributed by atoms with E-state index in [1.54, 1.807) is 0 Å². The van der Waals surface area contributed by atoms with Crippen molar-refractivity contribution in [3.05, 3.63) is 48.0 Å². The number of aliphatic hydroxyl groups is 1. The number of carbonyl (C=O) groups excluding carboxylic acids is 2. The van der Waals surface area contributed by atoms with E-state index in [1.165, 1.54) is 12.7 Å². The Bertz CT molecular complexity index is 688. The monoisotopic (exact) mass is 429 g/mol. The second kappa shape index (κ2) is 14.0. The van der Waals surface area contributed by atoms with Crippen molar-refractivity contribution in [2.45, 2.75) is 83.3 Å². The molecule has 5 nitrogen and oxygen atoms in total. The number of nitrogens with zero attached hydrogens (tertiary/aromatic N) is 1. The molecule has 3 atom stereocenters. The standard InChI is InChI=1S/C26H39NO4/c1-21(11-10-14-22-12-6-5-7-13-22)24(28)18-16-23-17-19-25(29)27(23)20-9-4-3-8-15-26(30)31-2/h5-7,12-13,16,18,21,23-24,28H,3-4,8-11,14-15,17,19-20H2,1-2H3/b18-16+/t21?,23-,24+/m0/s1. The van der Waals surface area contributed by atoms with Crippen LogP contribution in [0.25, 0.3) is 0 Å². The fraction of sp³-hybridized carbons (Fsp3) is 0.615. The lowest BCUT2D eigenvalue weighted by Crippen LogP contribution is -2.33. The first-order valence-electron chi connectivity index (χ1n) is 11.8. The van der Waals surface area contributed by atoms with Crippen LogP contribution in [0.5, 0.6) is 0 Å². The number of ether oxygens (including phenoxy) is 1. The van der Waals surface area contributed by atoms with E-state index in [1.807, 2.05) is 23.1 Å². The van der Waals surface area contributed by atoms with Crippen molar-refractivity contribution in [3.63, 3.8) is 0 Å². The number of hydrogen-bond acceptors (Lipinski definition) is 4. The number of benzene rings is 1. The maximum atomic E-state index is 12.3. The van der Waals surface area contributed by atoms with Crippen molar-refractivity contribution in [3.8, 4) is 0 Å². The van der Waals surface area contributed by atoms with E-state index in [0.29, 0.717) is 12.8 Å². The van der Waals surface area contributed by atoms with Gasteiger partial charge in [0, 0.05) is 19.4 Å². The average Bonchev–Trinajstić information content (AvgIpc) is 3.14. The highest BCUT2D eigenvalue weighted by atomic mass is 16.5. The van der Waals surface area contributed by atoms with E-state index in [0.717, 1.165) is 57.9 Å². The number of aryl methyl sites for hydroxylation is 1. The van der Waals surface area contributed by atoms with Gasteiger partial charge in [0.1, 0.15) is 0 Å². The number of unbranched alkanes of at least 4 members (excludes halogenated alkanes) is 3. The third-order valence-electron chi connectivity index (χ3n) is 6.21. The Labute approximate surface area is 187 Å². The van der Waals surface area contributed by atoms with Gasteiger partial charge >= 0.3 is 5.97 Å². The van der Waals surface area contributed by atoms with Crippen molar-refractivity contribution in [1.29, 1.82) is 0 Å². The minimum Gasteiger partial charge on any atom is -0.469 e. The second-order valence-corrected chi connectivity index (χ2v) is 8.66. The maximum absolute atomic E-state index is 12.3. The molecule has 0 aliphatic carbocycles. The summed E-state index contributed by atoms with van der Waals surface area (Å²) in [6.45, 7) is 2.83. The van der Waals surface area contributed by atoms with Gasteiger partial charge in [0.25, 0.3) is 0 Å². The number of hydrogen-bond donors (Lipinski definition) is 1. The van der Waals surface area contributed by atoms with E-state index >= 15 is 0 Å². The summed E-state index contributed by atoms with van der Waals surface area (Å²) in [7, 11) is 1.41. The minimum absolute atomic E-state index is 0.0914. The highest BCUT2D eigenvalue weighted by Gasteiger charge is 2.28. The van der Waals surface area contributed by atoms with Crippen LogP contribution in [0.2, 0.25) is 0 Å². The molecule has 0 spiro atoms. The molecule has 1 aromatic carbocycles. The van der Waals surface area contributed by atoms with Crippen LogP contribution in [0.3, 0.4) is 0 Å². The molecule has 0 radical (unpaired) electrons. The summed E-state index contributed by atoms with van der Waals surface area (Å²) >= 11 is 0. The Hall–Kier alpha value is -2.14. The van der Waals surface area contributed by atoms with Gasteiger partial charge in [-0.05, 0) is 50.0 Å². The largest absolute Gasteiger partial charge is 0.469 e. The molecule has 172 valence electrons. The number of amides is 1. The molecule has 1 amide bonds. The molecule has 0 saturated carbocycles. The molecule has 1 aromatic rings. The zero-order valence-electron chi connectivity index (χ0n) is 19.2. The van der Waals surface area contributed by atoms with Crippen LogP contribution in [0.1, 0.15) is 70.3 Å². The summed E-state index contributed by atoms with van der Waals surface area (Å²) < 4.78 is 4.65. The molecule has 1 aliphatic rings. The van der Waals surface area contributed by atoms with Gasteiger partial charge in [-0.1, -0.05) is 62.2 Å². The third kappa shape index (κ3) is 9.26. The first-order valence-corrected chi connectivity index (χ1v) is 11.8. The molecule has 1 heterocycles. The van der Waals surface area contributed by atoms with Crippen molar-refractivity contribution >= 4 is 11.9 Å². The number of methoxy groups -OCH3 is 1. The van der Waals surface area contributed by atoms with Gasteiger partial charge in [-0.2, -0.15) is 0 Å². The summed E-state index contributed by atoms with van der Waals surface area (Å²) in [5, 5.41) is 10.5. The van der Waals surface area contributed by atoms with E-state index in [4.69, 9.17) is 0 Å². The number of likely N-dealkylation sites (tertiary alicyclic amines) is 1. The lowest BCUT2D eigenvalue weighted by Gasteiger charge is -2.23. The highest BCUT2D eigenvalue weighted by molar-refractivity contribution is 5.79. The van der Waals surface area contributed by atoms with E-state index in [-0.39, 0.29) is 23.8 Å². The van der Waals surface area contributed by atoms with Gasteiger partial charge in [0.05, 0.1) is 19.3 Å². The Morgan fingerprint density at radius 1 is 1.19 bits per heavy atom. The van der Waals surface area contributed by atoms with Crippen LogP contribution >= 0.6 is 0 Å². The van der Waals surface area contributed by atoms with Crippen molar-refractivity contribution in [2.24, 2.45) is 5.92 Å². The van der Waals surface area contributed by atoms with Crippen LogP contribution < -0.4 is 0 Å². The highest BCUT2D eigenvalue weighted by Crippen LogP contribution is 2.22. The summed E-state index contributed by atoms with van der Waals surface area (Å²) in [6.07, 6.45) is 12.1. The van der Waals surface area contributed by atoms with Gasteiger partial charge in [-0.25, -0.2) is 0 Å². The Morgan fingerprint density at radius 2 is 1.94 bits per heavy atom. The molecular formula is C26H39NO4. The fourth-order valence-electron chi connectivity index (χ4n) is 4.13. The maximum Gasteiger partial charge on any atom is 0.305 e. The van der Waals surface area contributed by atoms with Crippen molar-refractivity contribution in [2.75, 3.05) is 13.7 Å². The molecule has 1 N–H and O–H groups in total. The molecular weight excluding hydrogens is 390 g/mol. The molecule has 0 bridgehead atoms. The Balaban J connectivity index is 1.68. The van der Waals surface area contributed by atoms with Gasteiger partial charge < -0.3 is 14.7 Å². The topological polar surface area (TPSA) is 66.8 Å². The molecule has 1 saturated heterocycles. The zero-order valence-corrected chi connectivity index (χ0v) is 19.2. The summed E-state index contributed by atoms with van der Waals surface area (Å²) in [5.41, 5.74) is 1.34. The molecule has 1 fully saturated rings. The SMILES string of the molecule is COC(=O)CCCCCCN1C(=O)CC[C@@H]1/C=C/[C@@H](O)C(C)CCCc1ccccc1. The second-order valence-electron chi connectivity index (χ2n) is 8.66. The van der Waals surface area contributed by atoms with Crippen LogP contribution in [0, 0.1) is 5.92 Å². The number of carbonyl (C=O) groups is 2. The smallest absolute Gasteiger partial charge is 0.305 e. The predicted molar refractivity (Wildman–Crippen MR) is 124 cm³/mol. The molecule has 5 heteroatoms. The summed E-state index contributed by atoms with van der Waals surface area (Å²) in [6, 6.07) is 10.5. The van der Waals surface area contributed by atoms with Gasteiger partial charge in [0.2, 0.25) is 5.91 Å². The summed E-state index contributed by atoms with van der Waals surface area (Å²) in [4.78, 5) is 25.3. The molecule has 1 aliphatic heterocycles. The normalized spacial score (nSPS) is 18.5. The number of aliphatic hydroxyl groups excluding tert-OH is 1. The molecule has 31 heavy (non-hydrogen) atoms. The predicted octanol–water partition coefficient (Wildman–Crippen LogP) is 4.68.